The predicted molar refractivity (Wildman–Crippen MR) is 52.0 cm³/mol. The fraction of sp³-hybridized carbons (Fsp3) is 0.333. The molecule has 0 atom stereocenters. The third-order valence-electron chi connectivity index (χ3n) is 1.31. The SMILES string of the molecule is NNc1ncnc(NCCF)c1Br. The van der Waals surface area contributed by atoms with E-state index in [1.165, 1.54) is 6.33 Å². The molecule has 0 amide bonds. The summed E-state index contributed by atoms with van der Waals surface area (Å²) in [4.78, 5) is 7.73. The molecule has 0 fully saturated rings. The number of nitrogen functional groups attached to an aromatic ring is 1. The zero-order valence-corrected chi connectivity index (χ0v) is 8.31. The van der Waals surface area contributed by atoms with Gasteiger partial charge in [0, 0.05) is 6.54 Å². The summed E-state index contributed by atoms with van der Waals surface area (Å²) in [7, 11) is 0. The van der Waals surface area contributed by atoms with E-state index in [2.05, 4.69) is 36.6 Å². The van der Waals surface area contributed by atoms with E-state index in [-0.39, 0.29) is 6.54 Å². The summed E-state index contributed by atoms with van der Waals surface area (Å²) in [6.45, 7) is -0.249. The van der Waals surface area contributed by atoms with Gasteiger partial charge in [0.2, 0.25) is 0 Å². The first kappa shape index (κ1) is 10.1. The maximum absolute atomic E-state index is 11.8. The van der Waals surface area contributed by atoms with Gasteiger partial charge in [0.05, 0.1) is 0 Å². The normalized spacial score (nSPS) is 9.77. The first-order chi connectivity index (χ1) is 6.29. The Kier molecular flexibility index (Phi) is 3.84. The third kappa shape index (κ3) is 2.49. The lowest BCUT2D eigenvalue weighted by molar-refractivity contribution is 0.512. The number of nitrogens with zero attached hydrogens (tertiary/aromatic N) is 2. The largest absolute Gasteiger partial charge is 0.366 e. The van der Waals surface area contributed by atoms with Gasteiger partial charge >= 0.3 is 0 Å². The van der Waals surface area contributed by atoms with Gasteiger partial charge in [0.1, 0.15) is 23.3 Å². The number of hydrogen-bond donors (Lipinski definition) is 3. The van der Waals surface area contributed by atoms with Crippen LogP contribution in [0.1, 0.15) is 0 Å². The Hall–Kier alpha value is -0.950. The number of nitrogens with one attached hydrogen (secondary N) is 2. The zero-order valence-electron chi connectivity index (χ0n) is 6.72. The highest BCUT2D eigenvalue weighted by Crippen LogP contribution is 2.25. The summed E-state index contributed by atoms with van der Waals surface area (Å²) in [5, 5.41) is 2.77. The molecule has 0 radical (unpaired) electrons. The van der Waals surface area contributed by atoms with E-state index in [9.17, 15) is 4.39 Å². The van der Waals surface area contributed by atoms with Crippen LogP contribution in [-0.4, -0.2) is 23.2 Å². The quantitative estimate of drug-likeness (QED) is 0.547. The number of halogens is 2. The average Bonchev–Trinajstić information content (AvgIpc) is 2.16. The van der Waals surface area contributed by atoms with Crippen molar-refractivity contribution in [2.75, 3.05) is 24.0 Å². The molecule has 0 aromatic carbocycles. The van der Waals surface area contributed by atoms with Crippen LogP contribution in [0.3, 0.4) is 0 Å². The highest BCUT2D eigenvalue weighted by molar-refractivity contribution is 9.10. The molecule has 0 aliphatic rings. The number of hydrogen-bond acceptors (Lipinski definition) is 5. The lowest BCUT2D eigenvalue weighted by atomic mass is 10.5. The van der Waals surface area contributed by atoms with Crippen LogP contribution in [0.15, 0.2) is 10.8 Å². The molecule has 0 aliphatic carbocycles. The molecular formula is C6H9BrFN5. The van der Waals surface area contributed by atoms with Crippen LogP contribution in [0.4, 0.5) is 16.0 Å². The minimum Gasteiger partial charge on any atom is -0.366 e. The van der Waals surface area contributed by atoms with Gasteiger partial charge in [-0.05, 0) is 15.9 Å². The van der Waals surface area contributed by atoms with E-state index in [0.29, 0.717) is 16.1 Å². The van der Waals surface area contributed by atoms with E-state index in [0.717, 1.165) is 0 Å². The van der Waals surface area contributed by atoms with E-state index in [4.69, 9.17) is 5.84 Å². The number of rotatable bonds is 4. The number of nitrogens with two attached hydrogens (primary N) is 1. The Bertz CT molecular complexity index is 282. The van der Waals surface area contributed by atoms with Gasteiger partial charge in [-0.3, -0.25) is 0 Å². The summed E-state index contributed by atoms with van der Waals surface area (Å²) in [5.74, 6) is 6.15. The first-order valence-corrected chi connectivity index (χ1v) is 4.36. The number of anilines is 2. The van der Waals surface area contributed by atoms with Gasteiger partial charge in [-0.1, -0.05) is 0 Å². The average molecular weight is 250 g/mol. The summed E-state index contributed by atoms with van der Waals surface area (Å²) >= 11 is 3.22. The van der Waals surface area contributed by atoms with Crippen molar-refractivity contribution in [1.29, 1.82) is 0 Å². The van der Waals surface area contributed by atoms with Crippen LogP contribution >= 0.6 is 15.9 Å². The molecule has 0 spiro atoms. The molecule has 1 aromatic rings. The Morgan fingerprint density at radius 2 is 2.15 bits per heavy atom. The number of hydrazine groups is 1. The summed E-state index contributed by atoms with van der Waals surface area (Å²) in [5.41, 5.74) is 2.38. The molecule has 0 aliphatic heterocycles. The molecule has 0 bridgehead atoms. The van der Waals surface area contributed by atoms with Crippen molar-refractivity contribution in [2.45, 2.75) is 0 Å². The summed E-state index contributed by atoms with van der Waals surface area (Å²) in [6, 6.07) is 0. The molecule has 1 aromatic heterocycles. The van der Waals surface area contributed by atoms with Crippen LogP contribution in [-0.2, 0) is 0 Å². The monoisotopic (exact) mass is 249 g/mol. The number of aromatic nitrogens is 2. The van der Waals surface area contributed by atoms with Crippen molar-refractivity contribution >= 4 is 27.6 Å². The fourth-order valence-electron chi connectivity index (χ4n) is 0.759. The standard InChI is InChI=1S/C6H9BrFN5/c7-4-5(10-2-1-8)11-3-12-6(4)13-9/h3H,1-2,9H2,(H2,10,11,12,13). The van der Waals surface area contributed by atoms with Crippen molar-refractivity contribution in [3.05, 3.63) is 10.8 Å². The Balaban J connectivity index is 2.81. The Morgan fingerprint density at radius 1 is 1.46 bits per heavy atom. The highest BCUT2D eigenvalue weighted by Gasteiger charge is 2.05. The van der Waals surface area contributed by atoms with Crippen molar-refractivity contribution < 1.29 is 4.39 Å². The molecule has 0 saturated heterocycles. The van der Waals surface area contributed by atoms with Crippen LogP contribution in [0.2, 0.25) is 0 Å². The molecule has 1 heterocycles. The van der Waals surface area contributed by atoms with Gasteiger partial charge < -0.3 is 10.7 Å². The smallest absolute Gasteiger partial charge is 0.159 e. The first-order valence-electron chi connectivity index (χ1n) is 3.56. The van der Waals surface area contributed by atoms with Gasteiger partial charge in [-0.15, -0.1) is 0 Å². The highest BCUT2D eigenvalue weighted by atomic mass is 79.9. The predicted octanol–water partition coefficient (Wildman–Crippen LogP) is 0.906. The van der Waals surface area contributed by atoms with Crippen LogP contribution in [0.25, 0.3) is 0 Å². The molecule has 0 unspecified atom stereocenters. The van der Waals surface area contributed by atoms with Gasteiger partial charge in [0.15, 0.2) is 5.82 Å². The molecule has 4 N–H and O–H groups in total. The van der Waals surface area contributed by atoms with Crippen LogP contribution in [0.5, 0.6) is 0 Å². The van der Waals surface area contributed by atoms with Gasteiger partial charge in [-0.2, -0.15) is 0 Å². The lowest BCUT2D eigenvalue weighted by Crippen LogP contribution is -2.12. The van der Waals surface area contributed by atoms with Crippen molar-refractivity contribution in [1.82, 2.24) is 9.97 Å². The second-order valence-electron chi connectivity index (χ2n) is 2.14. The maximum atomic E-state index is 11.8. The molecule has 0 saturated carbocycles. The van der Waals surface area contributed by atoms with Crippen molar-refractivity contribution in [3.63, 3.8) is 0 Å². The summed E-state index contributed by atoms with van der Waals surface area (Å²) in [6.07, 6.45) is 1.33. The lowest BCUT2D eigenvalue weighted by Gasteiger charge is -2.07. The Morgan fingerprint density at radius 3 is 2.77 bits per heavy atom. The maximum Gasteiger partial charge on any atom is 0.159 e. The van der Waals surface area contributed by atoms with Crippen LogP contribution < -0.4 is 16.6 Å². The van der Waals surface area contributed by atoms with Gasteiger partial charge in [-0.25, -0.2) is 20.2 Å². The van der Waals surface area contributed by atoms with E-state index < -0.39 is 6.67 Å². The molecule has 13 heavy (non-hydrogen) atoms. The second kappa shape index (κ2) is 4.93. The molecule has 1 rings (SSSR count). The molecule has 5 nitrogen and oxygen atoms in total. The molecule has 72 valence electrons. The summed E-state index contributed by atoms with van der Waals surface area (Å²) < 4.78 is 12.4. The van der Waals surface area contributed by atoms with E-state index in [1.54, 1.807) is 0 Å². The van der Waals surface area contributed by atoms with Crippen LogP contribution in [0, 0.1) is 0 Å². The molecular weight excluding hydrogens is 241 g/mol. The second-order valence-corrected chi connectivity index (χ2v) is 2.94. The van der Waals surface area contributed by atoms with Crippen molar-refractivity contribution in [3.8, 4) is 0 Å². The Labute approximate surface area is 83.0 Å². The zero-order chi connectivity index (χ0) is 9.68. The van der Waals surface area contributed by atoms with E-state index >= 15 is 0 Å². The van der Waals surface area contributed by atoms with Crippen molar-refractivity contribution in [2.24, 2.45) is 5.84 Å². The topological polar surface area (TPSA) is 75.9 Å². The van der Waals surface area contributed by atoms with E-state index in [1.807, 2.05) is 0 Å². The fourth-order valence-corrected chi connectivity index (χ4v) is 1.22. The number of alkyl halides is 1. The third-order valence-corrected chi connectivity index (χ3v) is 2.06. The minimum atomic E-state index is -0.457. The van der Waals surface area contributed by atoms with Gasteiger partial charge in [0.25, 0.3) is 0 Å². The molecule has 7 heteroatoms. The minimum absolute atomic E-state index is 0.208.